The highest BCUT2D eigenvalue weighted by Gasteiger charge is 2.60. The van der Waals surface area contributed by atoms with Crippen LogP contribution in [0.4, 0.5) is 4.39 Å². The van der Waals surface area contributed by atoms with Gasteiger partial charge in [-0.05, 0) is 60.5 Å². The van der Waals surface area contributed by atoms with Crippen molar-refractivity contribution in [3.05, 3.63) is 23.8 Å². The van der Waals surface area contributed by atoms with Crippen molar-refractivity contribution >= 4 is 11.6 Å². The molecule has 0 heterocycles. The molecule has 3 unspecified atom stereocenters. The second-order valence-corrected chi connectivity index (χ2v) is 8.16. The van der Waals surface area contributed by atoms with Gasteiger partial charge in [0.05, 0.1) is 0 Å². The summed E-state index contributed by atoms with van der Waals surface area (Å²) in [5.41, 5.74) is 0.689. The summed E-state index contributed by atoms with van der Waals surface area (Å²) >= 11 is 0. The largest absolute Gasteiger partial charge is 0.296 e. The van der Waals surface area contributed by atoms with Gasteiger partial charge in [-0.1, -0.05) is 26.0 Å². The summed E-state index contributed by atoms with van der Waals surface area (Å²) in [6.07, 6.45) is 16.4. The van der Waals surface area contributed by atoms with E-state index in [0.717, 1.165) is 24.8 Å². The molecule has 2 fully saturated rings. The van der Waals surface area contributed by atoms with Crippen molar-refractivity contribution in [3.8, 4) is 12.8 Å². The van der Waals surface area contributed by atoms with Gasteiger partial charge in [-0.15, -0.1) is 12.8 Å². The average molecular weight is 328 g/mol. The summed E-state index contributed by atoms with van der Waals surface area (Å²) in [6, 6.07) is 0. The van der Waals surface area contributed by atoms with Gasteiger partial charge in [0, 0.05) is 11.8 Å². The Hall–Kier alpha value is -1.69. The fraction of sp³-hybridized carbons (Fsp3) is 0.619. The smallest absolute Gasteiger partial charge is 0.173 e. The van der Waals surface area contributed by atoms with Crippen molar-refractivity contribution in [1.82, 2.24) is 0 Å². The molecule has 24 heavy (non-hydrogen) atoms. The van der Waals surface area contributed by atoms with Gasteiger partial charge in [0.1, 0.15) is 0 Å². The highest BCUT2D eigenvalue weighted by Crippen LogP contribution is 2.62. The van der Waals surface area contributed by atoms with Crippen molar-refractivity contribution in [1.29, 1.82) is 0 Å². The number of allylic oxidation sites excluding steroid dienone is 4. The third kappa shape index (κ3) is 2.15. The number of carbonyl (C=O) groups is 2. The molecule has 0 bridgehead atoms. The van der Waals surface area contributed by atoms with Gasteiger partial charge in [-0.25, -0.2) is 4.39 Å². The molecule has 0 radical (unpaired) electrons. The van der Waals surface area contributed by atoms with Crippen LogP contribution in [0.3, 0.4) is 0 Å². The van der Waals surface area contributed by atoms with Crippen LogP contribution < -0.4 is 0 Å². The highest BCUT2D eigenvalue weighted by atomic mass is 19.1. The lowest BCUT2D eigenvalue weighted by Crippen LogP contribution is -2.49. The first-order valence-corrected chi connectivity index (χ1v) is 8.81. The standard InChI is InChI=1S/C19H23FO2.C2H2/c1-18-7-5-12(21)9-11(18)3-4-13-14(18)6-8-19(2)15(13)10-16(20)17(19)22;1-2/h3-4,9,13-16H,5-8,10H2,1-2H3;1-2H/t13?,14?,15?,16-,18-,19-;/m0./s1. The van der Waals surface area contributed by atoms with Gasteiger partial charge >= 0.3 is 0 Å². The fourth-order valence-corrected chi connectivity index (χ4v) is 5.75. The first-order valence-electron chi connectivity index (χ1n) is 8.81. The van der Waals surface area contributed by atoms with Crippen LogP contribution in [-0.2, 0) is 9.59 Å². The van der Waals surface area contributed by atoms with Gasteiger partial charge in [0.15, 0.2) is 17.7 Å². The van der Waals surface area contributed by atoms with Gasteiger partial charge in [-0.3, -0.25) is 9.59 Å². The number of rotatable bonds is 0. The average Bonchev–Trinajstić information content (AvgIpc) is 2.81. The molecule has 0 aromatic carbocycles. The maximum atomic E-state index is 14.1. The Morgan fingerprint density at radius 1 is 1.12 bits per heavy atom. The zero-order valence-corrected chi connectivity index (χ0v) is 14.4. The van der Waals surface area contributed by atoms with Crippen LogP contribution in [-0.4, -0.2) is 17.7 Å². The second kappa shape index (κ2) is 5.69. The summed E-state index contributed by atoms with van der Waals surface area (Å²) in [7, 11) is 0. The molecule has 0 N–H and O–H groups in total. The highest BCUT2D eigenvalue weighted by molar-refractivity contribution is 5.93. The molecule has 0 aliphatic heterocycles. The zero-order chi connectivity index (χ0) is 17.7. The zero-order valence-electron chi connectivity index (χ0n) is 14.4. The lowest BCUT2D eigenvalue weighted by Gasteiger charge is -2.54. The Labute approximate surface area is 143 Å². The molecule has 3 heteroatoms. The molecule has 0 aromatic rings. The van der Waals surface area contributed by atoms with Crippen LogP contribution in [0.5, 0.6) is 0 Å². The Balaban J connectivity index is 0.000000815. The molecule has 2 nitrogen and oxygen atoms in total. The number of Topliss-reactive ketones (excluding diaryl/α,β-unsaturated/α-hetero) is 1. The fourth-order valence-electron chi connectivity index (χ4n) is 5.75. The van der Waals surface area contributed by atoms with E-state index < -0.39 is 11.6 Å². The third-order valence-corrected chi connectivity index (χ3v) is 7.21. The molecule has 0 amide bonds. The van der Waals surface area contributed by atoms with Crippen molar-refractivity contribution in [2.24, 2.45) is 28.6 Å². The summed E-state index contributed by atoms with van der Waals surface area (Å²) in [4.78, 5) is 24.0. The van der Waals surface area contributed by atoms with Crippen LogP contribution in [0.2, 0.25) is 0 Å². The van der Waals surface area contributed by atoms with E-state index in [1.54, 1.807) is 0 Å². The number of fused-ring (bicyclic) bond motifs is 5. The number of hydrogen-bond donors (Lipinski definition) is 0. The quantitative estimate of drug-likeness (QED) is 0.628. The summed E-state index contributed by atoms with van der Waals surface area (Å²) in [5, 5.41) is 0. The summed E-state index contributed by atoms with van der Waals surface area (Å²) in [5.74, 6) is 0.888. The number of halogens is 1. The van der Waals surface area contributed by atoms with Crippen LogP contribution in [0.15, 0.2) is 23.8 Å². The molecule has 2 saturated carbocycles. The molecule has 6 atom stereocenters. The Bertz CT molecular complexity index is 658. The number of alkyl halides is 1. The molecule has 4 aliphatic rings. The Kier molecular flexibility index (Phi) is 4.06. The van der Waals surface area contributed by atoms with Crippen LogP contribution in [0.1, 0.15) is 46.0 Å². The SMILES string of the molecule is C#C.C[C@]12CCC(=O)C=C1C=CC1C2CC[C@]2(C)C(=O)[C@@H](F)CC12. The van der Waals surface area contributed by atoms with Gasteiger partial charge in [0.2, 0.25) is 0 Å². The van der Waals surface area contributed by atoms with Crippen LogP contribution in [0.25, 0.3) is 0 Å². The molecule has 0 aromatic heterocycles. The molecule has 4 aliphatic carbocycles. The lowest BCUT2D eigenvalue weighted by molar-refractivity contribution is -0.133. The molecule has 0 saturated heterocycles. The minimum Gasteiger partial charge on any atom is -0.296 e. The van der Waals surface area contributed by atoms with Gasteiger partial charge < -0.3 is 0 Å². The first kappa shape index (κ1) is 17.1. The van der Waals surface area contributed by atoms with Crippen LogP contribution in [0, 0.1) is 41.4 Å². The van der Waals surface area contributed by atoms with E-state index in [0.29, 0.717) is 18.8 Å². The topological polar surface area (TPSA) is 34.1 Å². The summed E-state index contributed by atoms with van der Waals surface area (Å²) in [6.45, 7) is 4.24. The maximum Gasteiger partial charge on any atom is 0.173 e. The van der Waals surface area contributed by atoms with Gasteiger partial charge in [0.25, 0.3) is 0 Å². The third-order valence-electron chi connectivity index (χ3n) is 7.21. The van der Waals surface area contributed by atoms with E-state index in [4.69, 9.17) is 0 Å². The normalized spacial score (nSPS) is 46.1. The van der Waals surface area contributed by atoms with E-state index in [2.05, 4.69) is 31.9 Å². The molecule has 4 rings (SSSR count). The molecular weight excluding hydrogens is 303 g/mol. The number of terminal acetylenes is 1. The Morgan fingerprint density at radius 3 is 2.54 bits per heavy atom. The van der Waals surface area contributed by atoms with Crippen LogP contribution >= 0.6 is 0 Å². The van der Waals surface area contributed by atoms with Crippen molar-refractivity contribution in [2.75, 3.05) is 0 Å². The molecule has 128 valence electrons. The van der Waals surface area contributed by atoms with E-state index >= 15 is 0 Å². The predicted molar refractivity (Wildman–Crippen MR) is 91.8 cm³/mol. The van der Waals surface area contributed by atoms with E-state index in [1.807, 2.05) is 13.0 Å². The maximum absolute atomic E-state index is 14.1. The lowest BCUT2D eigenvalue weighted by atomic mass is 9.49. The minimum absolute atomic E-state index is 0.0199. The van der Waals surface area contributed by atoms with Gasteiger partial charge in [-0.2, -0.15) is 0 Å². The minimum atomic E-state index is -1.28. The monoisotopic (exact) mass is 328 g/mol. The first-order chi connectivity index (χ1) is 11.4. The van der Waals surface area contributed by atoms with E-state index in [-0.39, 0.29) is 28.8 Å². The van der Waals surface area contributed by atoms with Crippen molar-refractivity contribution < 1.29 is 14.0 Å². The number of ketones is 2. The summed E-state index contributed by atoms with van der Waals surface area (Å²) < 4.78 is 14.1. The second-order valence-electron chi connectivity index (χ2n) is 8.16. The number of hydrogen-bond acceptors (Lipinski definition) is 2. The molecular formula is C21H25FO2. The molecule has 0 spiro atoms. The van der Waals surface area contributed by atoms with Crippen molar-refractivity contribution in [3.63, 3.8) is 0 Å². The predicted octanol–water partition coefficient (Wildman–Crippen LogP) is 4.06. The Morgan fingerprint density at radius 2 is 1.83 bits per heavy atom. The van der Waals surface area contributed by atoms with Crippen molar-refractivity contribution in [2.45, 2.75) is 52.1 Å². The van der Waals surface area contributed by atoms with E-state index in [1.165, 1.54) is 0 Å². The van der Waals surface area contributed by atoms with E-state index in [9.17, 15) is 14.0 Å². The number of carbonyl (C=O) groups excluding carboxylic acids is 2.